The Hall–Kier alpha value is 0.150. The van der Waals surface area contributed by atoms with Gasteiger partial charge in [0, 0.05) is 40.0 Å². The number of ketones is 1. The van der Waals surface area contributed by atoms with E-state index in [1.54, 1.807) is 0 Å². The van der Waals surface area contributed by atoms with Crippen molar-refractivity contribution in [3.63, 3.8) is 0 Å². The maximum absolute atomic E-state index is 11.4. The van der Waals surface area contributed by atoms with E-state index in [2.05, 4.69) is 16.8 Å². The molecule has 0 bridgehead atoms. The number of rotatable bonds is 3. The van der Waals surface area contributed by atoms with Crippen molar-refractivity contribution in [2.24, 2.45) is 0 Å². The first kappa shape index (κ1) is 16.1. The minimum Gasteiger partial charge on any atom is -0.295 e. The Balaban J connectivity index is 0.00000225. The van der Waals surface area contributed by atoms with Crippen LogP contribution in [-0.2, 0) is 14.3 Å². The minimum absolute atomic E-state index is 0. The third kappa shape index (κ3) is 3.58. The Morgan fingerprint density at radius 2 is 1.94 bits per heavy atom. The van der Waals surface area contributed by atoms with Crippen LogP contribution in [0.5, 0.6) is 0 Å². The summed E-state index contributed by atoms with van der Waals surface area (Å²) in [6.45, 7) is 1.36. The number of benzene rings is 1. The quantitative estimate of drug-likeness (QED) is 0.387. The number of Topliss-reactive ketones (excluding diaryl/α,β-unsaturated/α-hetero) is 1. The predicted octanol–water partition coefficient (Wildman–Crippen LogP) is 1.13. The van der Waals surface area contributed by atoms with E-state index < -0.39 is 10.1 Å². The summed E-state index contributed by atoms with van der Waals surface area (Å²) in [5.41, 5.74) is 0.309. The van der Waals surface area contributed by atoms with Crippen molar-refractivity contribution in [2.45, 2.75) is 16.7 Å². The molecular weight excluding hydrogens is 259 g/mol. The van der Waals surface area contributed by atoms with Gasteiger partial charge in [0.2, 0.25) is 0 Å². The molecule has 0 aliphatic carbocycles. The van der Waals surface area contributed by atoms with Crippen molar-refractivity contribution in [1.82, 2.24) is 0 Å². The second kappa shape index (κ2) is 6.18. The van der Waals surface area contributed by atoms with Crippen LogP contribution in [0.1, 0.15) is 17.3 Å². The molecule has 1 rings (SSSR count). The number of hydrogen-bond acceptors (Lipinski definition) is 5. The second-order valence-corrected chi connectivity index (χ2v) is 5.02. The van der Waals surface area contributed by atoms with Crippen LogP contribution < -0.4 is 0 Å². The zero-order chi connectivity index (χ0) is 11.6. The van der Waals surface area contributed by atoms with Gasteiger partial charge in [-0.1, -0.05) is 6.07 Å². The maximum Gasteiger partial charge on any atom is 0.297 e. The molecule has 0 aliphatic rings. The molecule has 1 aromatic rings. The van der Waals surface area contributed by atoms with Crippen molar-refractivity contribution >= 4 is 58.1 Å². The average Bonchev–Trinajstić information content (AvgIpc) is 2.17. The predicted molar refractivity (Wildman–Crippen MR) is 63.6 cm³/mol. The molecule has 0 unspecified atom stereocenters. The summed E-state index contributed by atoms with van der Waals surface area (Å²) < 4.78 is 27.2. The zero-order valence-electron chi connectivity index (χ0n) is 9.22. The van der Waals surface area contributed by atoms with Crippen molar-refractivity contribution in [3.8, 4) is 0 Å². The molecule has 0 amide bonds. The average molecular weight is 269 g/mol. The number of thiol groups is 1. The molecule has 0 saturated heterocycles. The fraction of sp³-hybridized carbons (Fsp3) is 0.222. The van der Waals surface area contributed by atoms with Gasteiger partial charge in [0.1, 0.15) is 4.90 Å². The van der Waals surface area contributed by atoms with Crippen LogP contribution in [-0.4, -0.2) is 50.9 Å². The molecule has 16 heavy (non-hydrogen) atoms. The summed E-state index contributed by atoms with van der Waals surface area (Å²) in [5.74, 6) is -0.212. The number of carbonyl (C=O) groups is 1. The summed E-state index contributed by atoms with van der Waals surface area (Å²) in [4.78, 5) is 11.2. The molecule has 0 saturated carbocycles. The van der Waals surface area contributed by atoms with E-state index >= 15 is 0 Å². The van der Waals surface area contributed by atoms with Gasteiger partial charge in [-0.2, -0.15) is 8.42 Å². The van der Waals surface area contributed by atoms with Crippen molar-refractivity contribution in [1.29, 1.82) is 0 Å². The van der Waals surface area contributed by atoms with Crippen molar-refractivity contribution in [2.75, 3.05) is 7.11 Å². The standard InChI is InChI=1S/C9H10O4S2.Na/c1-6(10)7-3-4-8(14)9(5-7)15(11,12)13-2;/h3-5,14H,1-2H3;. The Kier molecular flexibility index (Phi) is 6.24. The third-order valence-electron chi connectivity index (χ3n) is 1.86. The molecule has 83 valence electrons. The van der Waals surface area contributed by atoms with E-state index in [1.807, 2.05) is 0 Å². The monoisotopic (exact) mass is 269 g/mol. The Bertz CT molecular complexity index is 496. The van der Waals surface area contributed by atoms with Gasteiger partial charge in [0.25, 0.3) is 10.1 Å². The van der Waals surface area contributed by atoms with Crippen LogP contribution in [0.4, 0.5) is 0 Å². The SMILES string of the molecule is COS(=O)(=O)c1cc(C(C)=O)ccc1S.[Na]. The van der Waals surface area contributed by atoms with Gasteiger partial charge in [-0.15, -0.1) is 12.6 Å². The van der Waals surface area contributed by atoms with E-state index in [9.17, 15) is 13.2 Å². The van der Waals surface area contributed by atoms with E-state index in [0.717, 1.165) is 7.11 Å². The van der Waals surface area contributed by atoms with Crippen molar-refractivity contribution < 1.29 is 17.4 Å². The van der Waals surface area contributed by atoms with Crippen LogP contribution in [0.3, 0.4) is 0 Å². The second-order valence-electron chi connectivity index (χ2n) is 2.86. The molecule has 1 aromatic carbocycles. The van der Waals surface area contributed by atoms with Crippen molar-refractivity contribution in [3.05, 3.63) is 23.8 Å². The summed E-state index contributed by atoms with van der Waals surface area (Å²) in [6, 6.07) is 4.22. The van der Waals surface area contributed by atoms with Gasteiger partial charge in [-0.05, 0) is 19.1 Å². The smallest absolute Gasteiger partial charge is 0.295 e. The molecule has 0 spiro atoms. The van der Waals surface area contributed by atoms with Crippen LogP contribution >= 0.6 is 12.6 Å². The van der Waals surface area contributed by atoms with E-state index in [-0.39, 0.29) is 45.1 Å². The van der Waals surface area contributed by atoms with Gasteiger partial charge < -0.3 is 0 Å². The summed E-state index contributed by atoms with van der Waals surface area (Å²) in [5, 5.41) is 0. The molecule has 0 atom stereocenters. The minimum atomic E-state index is -3.81. The number of hydrogen-bond donors (Lipinski definition) is 1. The summed E-state index contributed by atoms with van der Waals surface area (Å²) in [6.07, 6.45) is 0. The molecule has 0 heterocycles. The fourth-order valence-corrected chi connectivity index (χ4v) is 2.27. The van der Waals surface area contributed by atoms with Gasteiger partial charge >= 0.3 is 0 Å². The normalized spacial score (nSPS) is 10.7. The summed E-state index contributed by atoms with van der Waals surface area (Å²) in [7, 11) is -2.75. The fourth-order valence-electron chi connectivity index (χ4n) is 1.02. The van der Waals surface area contributed by atoms with Gasteiger partial charge in [0.15, 0.2) is 5.78 Å². The molecule has 0 fully saturated rings. The topological polar surface area (TPSA) is 60.4 Å². The van der Waals surface area contributed by atoms with Gasteiger partial charge in [-0.3, -0.25) is 8.98 Å². The van der Waals surface area contributed by atoms with Crippen LogP contribution in [0.15, 0.2) is 28.0 Å². The molecule has 4 nitrogen and oxygen atoms in total. The Labute approximate surface area is 122 Å². The largest absolute Gasteiger partial charge is 0.297 e. The first-order valence-corrected chi connectivity index (χ1v) is 5.88. The molecule has 7 heteroatoms. The zero-order valence-corrected chi connectivity index (χ0v) is 12.9. The van der Waals surface area contributed by atoms with Crippen LogP contribution in [0.25, 0.3) is 0 Å². The molecule has 0 aromatic heterocycles. The van der Waals surface area contributed by atoms with E-state index in [0.29, 0.717) is 5.56 Å². The van der Waals surface area contributed by atoms with Crippen LogP contribution in [0, 0.1) is 0 Å². The molecule has 1 radical (unpaired) electrons. The molecular formula is C9H10NaO4S2. The Morgan fingerprint density at radius 1 is 1.38 bits per heavy atom. The molecule has 0 N–H and O–H groups in total. The van der Waals surface area contributed by atoms with Gasteiger partial charge in [0.05, 0.1) is 7.11 Å². The van der Waals surface area contributed by atoms with E-state index in [1.165, 1.54) is 25.1 Å². The maximum atomic E-state index is 11.4. The first-order valence-electron chi connectivity index (χ1n) is 4.03. The molecule has 0 aliphatic heterocycles. The third-order valence-corrected chi connectivity index (χ3v) is 3.71. The van der Waals surface area contributed by atoms with Crippen LogP contribution in [0.2, 0.25) is 0 Å². The van der Waals surface area contributed by atoms with Gasteiger partial charge in [-0.25, -0.2) is 0 Å². The van der Waals surface area contributed by atoms with E-state index in [4.69, 9.17) is 0 Å². The number of carbonyl (C=O) groups excluding carboxylic acids is 1. The Morgan fingerprint density at radius 3 is 2.38 bits per heavy atom. The summed E-state index contributed by atoms with van der Waals surface area (Å²) >= 11 is 3.99. The first-order chi connectivity index (χ1) is 6.88.